The molecule has 5 nitrogen and oxygen atoms in total. The van der Waals surface area contributed by atoms with Crippen LogP contribution in [0.15, 0.2) is 42.6 Å². The van der Waals surface area contributed by atoms with Crippen molar-refractivity contribution < 1.29 is 9.59 Å². The number of rotatable bonds is 5. The van der Waals surface area contributed by atoms with Crippen LogP contribution in [-0.2, 0) is 0 Å². The highest BCUT2D eigenvalue weighted by atomic mass is 16.2. The monoisotopic (exact) mass is 323 g/mol. The Morgan fingerprint density at radius 2 is 1.88 bits per heavy atom. The van der Waals surface area contributed by atoms with Crippen LogP contribution >= 0.6 is 0 Å². The number of Topliss-reactive ketones (excluding diaryl/α,β-unsaturated/α-hetero) is 1. The fourth-order valence-corrected chi connectivity index (χ4v) is 2.96. The summed E-state index contributed by atoms with van der Waals surface area (Å²) in [5.74, 6) is -0.322. The molecule has 0 aliphatic heterocycles. The van der Waals surface area contributed by atoms with Gasteiger partial charge in [0.05, 0.1) is 0 Å². The van der Waals surface area contributed by atoms with Gasteiger partial charge in [-0.1, -0.05) is 25.0 Å². The van der Waals surface area contributed by atoms with E-state index in [1.807, 2.05) is 6.07 Å². The molecular formula is C19H21N3O2. The first-order chi connectivity index (χ1) is 11.6. The third-order valence-electron chi connectivity index (χ3n) is 4.25. The van der Waals surface area contributed by atoms with Crippen LogP contribution in [0, 0.1) is 0 Å². The van der Waals surface area contributed by atoms with Crippen molar-refractivity contribution in [1.82, 2.24) is 4.98 Å². The molecule has 1 aliphatic carbocycles. The van der Waals surface area contributed by atoms with Gasteiger partial charge in [-0.15, -0.1) is 0 Å². The summed E-state index contributed by atoms with van der Waals surface area (Å²) >= 11 is 0. The Balaban J connectivity index is 1.70. The largest absolute Gasteiger partial charge is 0.382 e. The number of hydrogen-bond acceptors (Lipinski definition) is 4. The minimum Gasteiger partial charge on any atom is -0.382 e. The van der Waals surface area contributed by atoms with Gasteiger partial charge in [0.1, 0.15) is 5.69 Å². The Kier molecular flexibility index (Phi) is 4.89. The van der Waals surface area contributed by atoms with Gasteiger partial charge >= 0.3 is 0 Å². The van der Waals surface area contributed by atoms with Crippen LogP contribution in [0.4, 0.5) is 11.4 Å². The average molecular weight is 323 g/mol. The molecule has 0 spiro atoms. The van der Waals surface area contributed by atoms with Crippen LogP contribution < -0.4 is 10.6 Å². The number of amides is 1. The molecule has 1 heterocycles. The molecule has 2 aromatic rings. The summed E-state index contributed by atoms with van der Waals surface area (Å²) in [7, 11) is 0. The van der Waals surface area contributed by atoms with Crippen molar-refractivity contribution in [1.29, 1.82) is 0 Å². The molecule has 0 saturated heterocycles. The van der Waals surface area contributed by atoms with Gasteiger partial charge in [0.25, 0.3) is 5.91 Å². The van der Waals surface area contributed by atoms with Crippen LogP contribution in [-0.4, -0.2) is 22.7 Å². The van der Waals surface area contributed by atoms with E-state index in [0.717, 1.165) is 5.69 Å². The minimum absolute atomic E-state index is 0.0352. The van der Waals surface area contributed by atoms with Gasteiger partial charge in [-0.3, -0.25) is 14.6 Å². The van der Waals surface area contributed by atoms with E-state index in [9.17, 15) is 9.59 Å². The number of anilines is 2. The summed E-state index contributed by atoms with van der Waals surface area (Å²) in [6.45, 7) is 1.50. The first-order valence-corrected chi connectivity index (χ1v) is 8.27. The maximum absolute atomic E-state index is 12.4. The first-order valence-electron chi connectivity index (χ1n) is 8.27. The number of aromatic nitrogens is 1. The molecular weight excluding hydrogens is 302 g/mol. The lowest BCUT2D eigenvalue weighted by molar-refractivity contribution is 0.100. The fraction of sp³-hybridized carbons (Fsp3) is 0.316. The molecule has 2 N–H and O–H groups in total. The van der Waals surface area contributed by atoms with E-state index in [2.05, 4.69) is 15.6 Å². The number of nitrogens with zero attached hydrogens (tertiary/aromatic N) is 1. The number of nitrogens with one attached hydrogen (secondary N) is 2. The van der Waals surface area contributed by atoms with E-state index in [-0.39, 0.29) is 11.7 Å². The molecule has 5 heteroatoms. The van der Waals surface area contributed by atoms with Gasteiger partial charge in [0.2, 0.25) is 0 Å². The standard InChI is InChI=1S/C19H21N3O2/c1-13(23)14-5-4-8-16(11-14)22-19(24)18-12-17(9-10-20-18)21-15-6-2-3-7-15/h4-5,8-12,15H,2-3,6-7H2,1H3,(H,20,21)(H,22,24). The van der Waals surface area contributed by atoms with Gasteiger partial charge in [-0.2, -0.15) is 0 Å². The lowest BCUT2D eigenvalue weighted by Gasteiger charge is -2.14. The smallest absolute Gasteiger partial charge is 0.274 e. The van der Waals surface area contributed by atoms with Crippen LogP contribution in [0.25, 0.3) is 0 Å². The van der Waals surface area contributed by atoms with E-state index in [1.165, 1.54) is 32.6 Å². The van der Waals surface area contributed by atoms with Crippen LogP contribution in [0.1, 0.15) is 53.5 Å². The highest BCUT2D eigenvalue weighted by Gasteiger charge is 2.15. The van der Waals surface area contributed by atoms with Crippen molar-refractivity contribution in [3.05, 3.63) is 53.9 Å². The van der Waals surface area contributed by atoms with E-state index >= 15 is 0 Å². The number of benzene rings is 1. The van der Waals surface area contributed by atoms with Gasteiger partial charge in [-0.25, -0.2) is 0 Å². The zero-order valence-corrected chi connectivity index (χ0v) is 13.7. The normalized spacial score (nSPS) is 14.4. The van der Waals surface area contributed by atoms with Gasteiger partial charge in [0.15, 0.2) is 5.78 Å². The zero-order valence-electron chi connectivity index (χ0n) is 13.7. The number of carbonyl (C=O) groups excluding carboxylic acids is 2. The molecule has 1 amide bonds. The van der Waals surface area contributed by atoms with Gasteiger partial charge in [0, 0.05) is 29.2 Å². The highest BCUT2D eigenvalue weighted by Crippen LogP contribution is 2.22. The topological polar surface area (TPSA) is 71.1 Å². The van der Waals surface area contributed by atoms with Gasteiger partial charge in [-0.05, 0) is 44.0 Å². The Morgan fingerprint density at radius 1 is 1.08 bits per heavy atom. The molecule has 0 atom stereocenters. The quantitative estimate of drug-likeness (QED) is 0.819. The van der Waals surface area contributed by atoms with E-state index < -0.39 is 0 Å². The van der Waals surface area contributed by atoms with Crippen LogP contribution in [0.2, 0.25) is 0 Å². The second-order valence-corrected chi connectivity index (χ2v) is 6.15. The summed E-state index contributed by atoms with van der Waals surface area (Å²) in [6.07, 6.45) is 6.48. The van der Waals surface area contributed by atoms with Crippen molar-refractivity contribution in [2.75, 3.05) is 10.6 Å². The number of carbonyl (C=O) groups is 2. The number of hydrogen-bond donors (Lipinski definition) is 2. The van der Waals surface area contributed by atoms with Crippen LogP contribution in [0.5, 0.6) is 0 Å². The molecule has 124 valence electrons. The third kappa shape index (κ3) is 3.98. The molecule has 1 fully saturated rings. The minimum atomic E-state index is -0.286. The summed E-state index contributed by atoms with van der Waals surface area (Å²) in [4.78, 5) is 28.0. The predicted octanol–water partition coefficient (Wildman–Crippen LogP) is 3.89. The summed E-state index contributed by atoms with van der Waals surface area (Å²) in [5.41, 5.74) is 2.42. The lowest BCUT2D eigenvalue weighted by atomic mass is 10.1. The summed E-state index contributed by atoms with van der Waals surface area (Å²) < 4.78 is 0. The number of ketones is 1. The van der Waals surface area contributed by atoms with Crippen LogP contribution in [0.3, 0.4) is 0 Å². The SMILES string of the molecule is CC(=O)c1cccc(NC(=O)c2cc(NC3CCCC3)ccn2)c1. The molecule has 0 bridgehead atoms. The first kappa shape index (κ1) is 16.2. The molecule has 1 aliphatic rings. The molecule has 0 radical (unpaired) electrons. The Morgan fingerprint density at radius 3 is 2.62 bits per heavy atom. The second kappa shape index (κ2) is 7.25. The molecule has 3 rings (SSSR count). The van der Waals surface area contributed by atoms with Crippen molar-refractivity contribution >= 4 is 23.1 Å². The molecule has 0 unspecified atom stereocenters. The number of pyridine rings is 1. The Bertz CT molecular complexity index is 752. The van der Waals surface area contributed by atoms with Crippen molar-refractivity contribution in [2.45, 2.75) is 38.6 Å². The van der Waals surface area contributed by atoms with Crippen molar-refractivity contribution in [2.24, 2.45) is 0 Å². The maximum Gasteiger partial charge on any atom is 0.274 e. The van der Waals surface area contributed by atoms with Crippen molar-refractivity contribution in [3.8, 4) is 0 Å². The van der Waals surface area contributed by atoms with Gasteiger partial charge < -0.3 is 10.6 Å². The third-order valence-corrected chi connectivity index (χ3v) is 4.25. The zero-order chi connectivity index (χ0) is 16.9. The molecule has 1 saturated carbocycles. The fourth-order valence-electron chi connectivity index (χ4n) is 2.96. The summed E-state index contributed by atoms with van der Waals surface area (Å²) in [5, 5.41) is 6.25. The molecule has 24 heavy (non-hydrogen) atoms. The summed E-state index contributed by atoms with van der Waals surface area (Å²) in [6, 6.07) is 11.0. The van der Waals surface area contributed by atoms with E-state index in [4.69, 9.17) is 0 Å². The highest BCUT2D eigenvalue weighted by molar-refractivity contribution is 6.04. The predicted molar refractivity (Wildman–Crippen MR) is 94.5 cm³/mol. The van der Waals surface area contributed by atoms with Crippen molar-refractivity contribution in [3.63, 3.8) is 0 Å². The molecule has 1 aromatic carbocycles. The van der Waals surface area contributed by atoms with E-state index in [1.54, 1.807) is 36.5 Å². The Hall–Kier alpha value is -2.69. The average Bonchev–Trinajstić information content (AvgIpc) is 3.08. The lowest BCUT2D eigenvalue weighted by Crippen LogP contribution is -2.17. The van der Waals surface area contributed by atoms with E-state index in [0.29, 0.717) is 23.0 Å². The maximum atomic E-state index is 12.4. The Labute approximate surface area is 141 Å². The second-order valence-electron chi connectivity index (χ2n) is 6.15. The molecule has 1 aromatic heterocycles.